The highest BCUT2D eigenvalue weighted by atomic mass is 17.2. The molecule has 2 aliphatic carbocycles. The summed E-state index contributed by atoms with van der Waals surface area (Å²) in [5, 5.41) is 0. The van der Waals surface area contributed by atoms with Crippen LogP contribution in [0.4, 0.5) is 0 Å². The molecule has 0 amide bonds. The molecule has 4 nitrogen and oxygen atoms in total. The second-order valence-corrected chi connectivity index (χ2v) is 7.01. The van der Waals surface area contributed by atoms with E-state index in [1.165, 1.54) is 25.7 Å². The fourth-order valence-electron chi connectivity index (χ4n) is 4.11. The highest BCUT2D eigenvalue weighted by Crippen LogP contribution is 2.42. The van der Waals surface area contributed by atoms with Gasteiger partial charge in [0, 0.05) is 0 Å². The summed E-state index contributed by atoms with van der Waals surface area (Å²) in [5.74, 6) is 1.24. The third kappa shape index (κ3) is 2.89. The smallest absolute Gasteiger partial charge is 0.0956 e. The number of rotatable bonds is 6. The van der Waals surface area contributed by atoms with E-state index in [0.717, 1.165) is 25.9 Å². The molecule has 0 aromatic heterocycles. The minimum atomic E-state index is 0.244. The lowest BCUT2D eigenvalue weighted by atomic mass is 9.84. The molecule has 0 spiro atoms. The van der Waals surface area contributed by atoms with Crippen LogP contribution in [0.25, 0.3) is 0 Å². The Hall–Kier alpha value is -0.160. The molecule has 0 bridgehead atoms. The molecule has 20 heavy (non-hydrogen) atoms. The maximum Gasteiger partial charge on any atom is 0.0956 e. The molecule has 7 atom stereocenters. The van der Waals surface area contributed by atoms with Gasteiger partial charge in [0.25, 0.3) is 0 Å². The van der Waals surface area contributed by atoms with Crippen molar-refractivity contribution in [1.29, 1.82) is 0 Å². The molecule has 4 heteroatoms. The highest BCUT2D eigenvalue weighted by molar-refractivity contribution is 4.94. The zero-order chi connectivity index (χ0) is 13.5. The van der Waals surface area contributed by atoms with Gasteiger partial charge in [0.2, 0.25) is 0 Å². The van der Waals surface area contributed by atoms with Crippen molar-refractivity contribution < 1.29 is 19.2 Å². The number of ether oxygens (including phenoxy) is 2. The molecular weight excluding hydrogens is 256 g/mol. The Morgan fingerprint density at radius 3 is 2.40 bits per heavy atom. The van der Waals surface area contributed by atoms with E-state index in [2.05, 4.69) is 6.92 Å². The molecule has 2 saturated carbocycles. The van der Waals surface area contributed by atoms with Crippen LogP contribution < -0.4 is 0 Å². The van der Waals surface area contributed by atoms with Crippen LogP contribution in [0.2, 0.25) is 0 Å². The number of epoxide rings is 2. The van der Waals surface area contributed by atoms with E-state index in [9.17, 15) is 0 Å². The topological polar surface area (TPSA) is 43.5 Å². The summed E-state index contributed by atoms with van der Waals surface area (Å²) in [6, 6.07) is 0. The summed E-state index contributed by atoms with van der Waals surface area (Å²) in [5.41, 5.74) is 0. The number of hydrogen-bond donors (Lipinski definition) is 0. The van der Waals surface area contributed by atoms with Crippen LogP contribution in [0, 0.1) is 11.8 Å². The third-order valence-electron chi connectivity index (χ3n) is 5.58. The molecule has 0 aromatic rings. The maximum atomic E-state index is 5.75. The molecule has 2 aliphatic heterocycles. The first-order valence-electron chi connectivity index (χ1n) is 8.42. The van der Waals surface area contributed by atoms with Crippen LogP contribution in [0.1, 0.15) is 51.9 Å². The Kier molecular flexibility index (Phi) is 3.75. The Morgan fingerprint density at radius 2 is 1.70 bits per heavy atom. The van der Waals surface area contributed by atoms with Gasteiger partial charge in [-0.15, -0.1) is 0 Å². The van der Waals surface area contributed by atoms with Gasteiger partial charge < -0.3 is 9.47 Å². The van der Waals surface area contributed by atoms with Crippen molar-refractivity contribution in [2.45, 2.75) is 82.4 Å². The zero-order valence-corrected chi connectivity index (χ0v) is 12.3. The summed E-state index contributed by atoms with van der Waals surface area (Å²) < 4.78 is 11.2. The van der Waals surface area contributed by atoms with Crippen molar-refractivity contribution in [3.63, 3.8) is 0 Å². The van der Waals surface area contributed by atoms with Gasteiger partial charge in [-0.1, -0.05) is 6.92 Å². The van der Waals surface area contributed by atoms with E-state index < -0.39 is 0 Å². The summed E-state index contributed by atoms with van der Waals surface area (Å²) >= 11 is 0. The Morgan fingerprint density at radius 1 is 0.950 bits per heavy atom. The second kappa shape index (κ2) is 5.56. The molecule has 4 aliphatic rings. The summed E-state index contributed by atoms with van der Waals surface area (Å²) in [6.07, 6.45) is 10.6. The van der Waals surface area contributed by atoms with Crippen LogP contribution in [0.5, 0.6) is 0 Å². The lowest BCUT2D eigenvalue weighted by Gasteiger charge is -2.27. The second-order valence-electron chi connectivity index (χ2n) is 7.01. The monoisotopic (exact) mass is 282 g/mol. The minimum absolute atomic E-state index is 0.244. The van der Waals surface area contributed by atoms with Gasteiger partial charge in [-0.2, -0.15) is 0 Å². The summed E-state index contributed by atoms with van der Waals surface area (Å²) in [6.45, 7) is 2.93. The number of fused-ring (bicyclic) bond motifs is 2. The predicted molar refractivity (Wildman–Crippen MR) is 73.1 cm³/mol. The average molecular weight is 282 g/mol. The molecule has 7 unspecified atom stereocenters. The van der Waals surface area contributed by atoms with Crippen molar-refractivity contribution >= 4 is 0 Å². The van der Waals surface area contributed by atoms with Gasteiger partial charge in [-0.25, -0.2) is 9.78 Å². The van der Waals surface area contributed by atoms with E-state index >= 15 is 0 Å². The Balaban J connectivity index is 1.18. The van der Waals surface area contributed by atoms with Crippen molar-refractivity contribution in [1.82, 2.24) is 0 Å². The Bertz CT molecular complexity index is 347. The largest absolute Gasteiger partial charge is 0.370 e. The van der Waals surface area contributed by atoms with Crippen LogP contribution in [-0.2, 0) is 19.2 Å². The first-order valence-corrected chi connectivity index (χ1v) is 8.42. The van der Waals surface area contributed by atoms with Gasteiger partial charge in [0.05, 0.1) is 37.1 Å². The van der Waals surface area contributed by atoms with Gasteiger partial charge >= 0.3 is 0 Å². The van der Waals surface area contributed by atoms with Gasteiger partial charge in [0.1, 0.15) is 0 Å². The predicted octanol–water partition coefficient (Wildman–Crippen LogP) is 2.85. The van der Waals surface area contributed by atoms with E-state index in [1.807, 2.05) is 0 Å². The fourth-order valence-corrected chi connectivity index (χ4v) is 4.11. The molecule has 114 valence electrons. The summed E-state index contributed by atoms with van der Waals surface area (Å²) in [7, 11) is 0. The molecule has 0 aromatic carbocycles. The highest BCUT2D eigenvalue weighted by Gasteiger charge is 2.46. The lowest BCUT2D eigenvalue weighted by Crippen LogP contribution is -2.29. The SMILES string of the molecule is CCC(OOCC1CCC2OC2C1)C1CCC2OC2C1. The molecular formula is C16H26O4. The van der Waals surface area contributed by atoms with E-state index in [4.69, 9.17) is 19.2 Å². The molecule has 2 heterocycles. The van der Waals surface area contributed by atoms with Crippen molar-refractivity contribution in [3.05, 3.63) is 0 Å². The van der Waals surface area contributed by atoms with Crippen LogP contribution >= 0.6 is 0 Å². The van der Waals surface area contributed by atoms with E-state index in [-0.39, 0.29) is 6.10 Å². The zero-order valence-electron chi connectivity index (χ0n) is 12.3. The van der Waals surface area contributed by atoms with Gasteiger partial charge in [-0.3, -0.25) is 0 Å². The van der Waals surface area contributed by atoms with Gasteiger partial charge in [-0.05, 0) is 56.8 Å². The molecule has 4 fully saturated rings. The van der Waals surface area contributed by atoms with Crippen LogP contribution in [-0.4, -0.2) is 37.1 Å². The van der Waals surface area contributed by atoms with Crippen LogP contribution in [0.15, 0.2) is 0 Å². The maximum absolute atomic E-state index is 5.75. The molecule has 0 radical (unpaired) electrons. The van der Waals surface area contributed by atoms with Gasteiger partial charge in [0.15, 0.2) is 0 Å². The summed E-state index contributed by atoms with van der Waals surface area (Å²) in [4.78, 5) is 11.4. The average Bonchev–Trinajstić information content (AvgIpc) is 3.35. The standard InChI is InChI=1S/C16H26O4/c1-2-12(11-4-6-14-16(8-11)19-14)20-17-9-10-3-5-13-15(7-10)18-13/h10-16H,2-9H2,1H3. The normalized spacial score (nSPS) is 47.2. The minimum Gasteiger partial charge on any atom is -0.370 e. The van der Waals surface area contributed by atoms with Crippen molar-refractivity contribution in [3.8, 4) is 0 Å². The van der Waals surface area contributed by atoms with Crippen LogP contribution in [0.3, 0.4) is 0 Å². The lowest BCUT2D eigenvalue weighted by molar-refractivity contribution is -0.341. The van der Waals surface area contributed by atoms with E-state index in [0.29, 0.717) is 36.3 Å². The first-order chi connectivity index (χ1) is 9.83. The Labute approximate surface area is 121 Å². The quantitative estimate of drug-likeness (QED) is 0.427. The molecule has 2 saturated heterocycles. The third-order valence-corrected chi connectivity index (χ3v) is 5.58. The van der Waals surface area contributed by atoms with Crippen molar-refractivity contribution in [2.75, 3.05) is 6.61 Å². The molecule has 4 rings (SSSR count). The first kappa shape index (κ1) is 13.5. The van der Waals surface area contributed by atoms with E-state index in [1.54, 1.807) is 0 Å². The van der Waals surface area contributed by atoms with Crippen molar-refractivity contribution in [2.24, 2.45) is 11.8 Å². The number of hydrogen-bond acceptors (Lipinski definition) is 4. The fraction of sp³-hybridized carbons (Fsp3) is 1.00. The molecule has 0 N–H and O–H groups in total.